The lowest BCUT2D eigenvalue weighted by Gasteiger charge is -2.09. The Bertz CT molecular complexity index is 611. The van der Waals surface area contributed by atoms with Crippen molar-refractivity contribution < 1.29 is 14.3 Å². The van der Waals surface area contributed by atoms with Crippen LogP contribution in [0.2, 0.25) is 0 Å². The van der Waals surface area contributed by atoms with E-state index in [9.17, 15) is 4.79 Å². The molecule has 5 heteroatoms. The van der Waals surface area contributed by atoms with Gasteiger partial charge in [0.25, 0.3) is 0 Å². The molecule has 0 bridgehead atoms. The van der Waals surface area contributed by atoms with Crippen LogP contribution in [0, 0.1) is 5.92 Å². The topological polar surface area (TPSA) is 61.3 Å². The average molecular weight is 274 g/mol. The number of aromatic nitrogens is 2. The molecule has 0 aliphatic rings. The van der Waals surface area contributed by atoms with Gasteiger partial charge in [-0.1, -0.05) is 13.8 Å². The summed E-state index contributed by atoms with van der Waals surface area (Å²) < 4.78 is 10.3. The van der Waals surface area contributed by atoms with Crippen molar-refractivity contribution in [1.82, 2.24) is 9.97 Å². The minimum atomic E-state index is -0.186. The molecule has 0 fully saturated rings. The van der Waals surface area contributed by atoms with Crippen molar-refractivity contribution in [2.75, 3.05) is 13.7 Å². The summed E-state index contributed by atoms with van der Waals surface area (Å²) in [7, 11) is 1.58. The molecule has 0 aliphatic carbocycles. The van der Waals surface area contributed by atoms with Crippen LogP contribution in [0.3, 0.4) is 0 Å². The minimum Gasteiger partial charge on any atom is -0.481 e. The predicted molar refractivity (Wildman–Crippen MR) is 75.6 cm³/mol. The Morgan fingerprint density at radius 3 is 2.80 bits per heavy atom. The van der Waals surface area contributed by atoms with Crippen LogP contribution < -0.4 is 4.74 Å². The summed E-state index contributed by atoms with van der Waals surface area (Å²) in [6, 6.07) is 5.53. The molecule has 0 saturated carbocycles. The zero-order chi connectivity index (χ0) is 14.5. The van der Waals surface area contributed by atoms with Crippen LogP contribution in [0.5, 0.6) is 5.88 Å². The van der Waals surface area contributed by atoms with Crippen molar-refractivity contribution in [3.05, 3.63) is 30.0 Å². The maximum absolute atomic E-state index is 11.4. The molecule has 0 aliphatic heterocycles. The van der Waals surface area contributed by atoms with Crippen LogP contribution in [0.1, 0.15) is 19.4 Å². The van der Waals surface area contributed by atoms with Gasteiger partial charge in [0, 0.05) is 18.7 Å². The van der Waals surface area contributed by atoms with Gasteiger partial charge in [0.15, 0.2) is 0 Å². The Balaban J connectivity index is 2.15. The van der Waals surface area contributed by atoms with Crippen molar-refractivity contribution >= 4 is 17.0 Å². The third-order valence-corrected chi connectivity index (χ3v) is 2.94. The number of nitrogens with zero attached hydrogens (tertiary/aromatic N) is 2. The number of ether oxygens (including phenoxy) is 2. The van der Waals surface area contributed by atoms with Crippen LogP contribution in [0.25, 0.3) is 11.0 Å². The predicted octanol–water partition coefficient (Wildman–Crippen LogP) is 2.38. The maximum atomic E-state index is 11.4. The van der Waals surface area contributed by atoms with Crippen LogP contribution in [-0.4, -0.2) is 29.7 Å². The molecular weight excluding hydrogens is 256 g/mol. The van der Waals surface area contributed by atoms with E-state index in [0.717, 1.165) is 16.6 Å². The smallest absolute Gasteiger partial charge is 0.308 e. The SMILES string of the molecule is COc1ccc2nccc(CCOC(=O)C(C)C)c2n1. The number of fused-ring (bicyclic) bond motifs is 1. The molecule has 2 aromatic heterocycles. The van der Waals surface area contributed by atoms with Crippen LogP contribution >= 0.6 is 0 Å². The van der Waals surface area contributed by atoms with Crippen molar-refractivity contribution in [1.29, 1.82) is 0 Å². The molecule has 2 aromatic rings. The van der Waals surface area contributed by atoms with E-state index < -0.39 is 0 Å². The molecule has 0 spiro atoms. The third kappa shape index (κ3) is 3.23. The van der Waals surface area contributed by atoms with Crippen molar-refractivity contribution in [2.24, 2.45) is 5.92 Å². The zero-order valence-corrected chi connectivity index (χ0v) is 11.9. The fraction of sp³-hybridized carbons (Fsp3) is 0.400. The minimum absolute atomic E-state index is 0.109. The van der Waals surface area contributed by atoms with Gasteiger partial charge in [0.05, 0.1) is 30.7 Å². The molecule has 0 N–H and O–H groups in total. The van der Waals surface area contributed by atoms with Gasteiger partial charge in [0.2, 0.25) is 5.88 Å². The van der Waals surface area contributed by atoms with E-state index in [1.807, 2.05) is 26.0 Å². The van der Waals surface area contributed by atoms with Crippen LogP contribution in [0.15, 0.2) is 24.4 Å². The van der Waals surface area contributed by atoms with E-state index >= 15 is 0 Å². The lowest BCUT2D eigenvalue weighted by atomic mass is 10.1. The number of hydrogen-bond acceptors (Lipinski definition) is 5. The molecule has 0 radical (unpaired) electrons. The van der Waals surface area contributed by atoms with E-state index in [2.05, 4.69) is 9.97 Å². The molecule has 20 heavy (non-hydrogen) atoms. The standard InChI is InChI=1S/C15H18N2O3/c1-10(2)15(18)20-9-7-11-6-8-16-12-4-5-13(19-3)17-14(11)12/h4-6,8,10H,7,9H2,1-3H3. The molecule has 2 rings (SSSR count). The van der Waals surface area contributed by atoms with Gasteiger partial charge < -0.3 is 9.47 Å². The van der Waals surface area contributed by atoms with Gasteiger partial charge in [-0.3, -0.25) is 9.78 Å². The van der Waals surface area contributed by atoms with E-state index in [0.29, 0.717) is 18.9 Å². The average Bonchev–Trinajstić information content (AvgIpc) is 2.46. The van der Waals surface area contributed by atoms with E-state index in [4.69, 9.17) is 9.47 Å². The molecular formula is C15H18N2O3. The van der Waals surface area contributed by atoms with Gasteiger partial charge in [-0.05, 0) is 17.7 Å². The number of methoxy groups -OCH3 is 1. The molecule has 0 saturated heterocycles. The van der Waals surface area contributed by atoms with Gasteiger partial charge in [-0.2, -0.15) is 0 Å². The number of carbonyl (C=O) groups excluding carboxylic acids is 1. The summed E-state index contributed by atoms with van der Waals surface area (Å²) in [5, 5.41) is 0. The Kier molecular flexibility index (Phi) is 4.50. The van der Waals surface area contributed by atoms with Crippen LogP contribution in [0.4, 0.5) is 0 Å². The van der Waals surface area contributed by atoms with Gasteiger partial charge in [-0.25, -0.2) is 4.98 Å². The molecule has 0 atom stereocenters. The van der Waals surface area contributed by atoms with Gasteiger partial charge in [0.1, 0.15) is 0 Å². The lowest BCUT2D eigenvalue weighted by molar-refractivity contribution is -0.147. The number of hydrogen-bond donors (Lipinski definition) is 0. The molecule has 106 valence electrons. The van der Waals surface area contributed by atoms with Gasteiger partial charge in [-0.15, -0.1) is 0 Å². The normalized spacial score (nSPS) is 10.8. The monoisotopic (exact) mass is 274 g/mol. The van der Waals surface area contributed by atoms with E-state index in [1.54, 1.807) is 19.4 Å². The van der Waals surface area contributed by atoms with Crippen molar-refractivity contribution in [3.8, 4) is 5.88 Å². The second-order valence-corrected chi connectivity index (χ2v) is 4.76. The second kappa shape index (κ2) is 6.32. The number of rotatable bonds is 5. The van der Waals surface area contributed by atoms with E-state index in [-0.39, 0.29) is 11.9 Å². The zero-order valence-electron chi connectivity index (χ0n) is 11.9. The number of carbonyl (C=O) groups is 1. The first-order chi connectivity index (χ1) is 9.61. The quantitative estimate of drug-likeness (QED) is 0.783. The highest BCUT2D eigenvalue weighted by Gasteiger charge is 2.09. The van der Waals surface area contributed by atoms with E-state index in [1.165, 1.54) is 0 Å². The summed E-state index contributed by atoms with van der Waals surface area (Å²) in [5.74, 6) is 0.252. The summed E-state index contributed by atoms with van der Waals surface area (Å²) in [5.41, 5.74) is 2.58. The molecule has 0 aromatic carbocycles. The van der Waals surface area contributed by atoms with Gasteiger partial charge >= 0.3 is 5.97 Å². The summed E-state index contributed by atoms with van der Waals surface area (Å²) >= 11 is 0. The first-order valence-corrected chi connectivity index (χ1v) is 6.57. The van der Waals surface area contributed by atoms with Crippen molar-refractivity contribution in [2.45, 2.75) is 20.3 Å². The molecule has 2 heterocycles. The Hall–Kier alpha value is -2.17. The fourth-order valence-electron chi connectivity index (χ4n) is 1.80. The number of pyridine rings is 2. The largest absolute Gasteiger partial charge is 0.481 e. The molecule has 5 nitrogen and oxygen atoms in total. The second-order valence-electron chi connectivity index (χ2n) is 4.76. The maximum Gasteiger partial charge on any atom is 0.308 e. The lowest BCUT2D eigenvalue weighted by Crippen LogP contribution is -2.13. The Morgan fingerprint density at radius 2 is 2.10 bits per heavy atom. The highest BCUT2D eigenvalue weighted by molar-refractivity contribution is 5.78. The summed E-state index contributed by atoms with van der Waals surface area (Å²) in [4.78, 5) is 20.1. The first kappa shape index (κ1) is 14.2. The van der Waals surface area contributed by atoms with Crippen molar-refractivity contribution in [3.63, 3.8) is 0 Å². The summed E-state index contributed by atoms with van der Waals surface area (Å²) in [6.07, 6.45) is 2.34. The van der Waals surface area contributed by atoms with Crippen LogP contribution in [-0.2, 0) is 16.0 Å². The molecule has 0 amide bonds. The number of esters is 1. The summed E-state index contributed by atoms with van der Waals surface area (Å²) in [6.45, 7) is 3.97. The highest BCUT2D eigenvalue weighted by atomic mass is 16.5. The fourth-order valence-corrected chi connectivity index (χ4v) is 1.80. The third-order valence-electron chi connectivity index (χ3n) is 2.94. The first-order valence-electron chi connectivity index (χ1n) is 6.57. The molecule has 0 unspecified atom stereocenters. The Labute approximate surface area is 117 Å². The Morgan fingerprint density at radius 1 is 1.30 bits per heavy atom. The highest BCUT2D eigenvalue weighted by Crippen LogP contribution is 2.18.